The minimum absolute atomic E-state index is 0.259. The van der Waals surface area contributed by atoms with Crippen LogP contribution in [0.5, 0.6) is 0 Å². The van der Waals surface area contributed by atoms with Crippen molar-refractivity contribution in [1.82, 2.24) is 19.8 Å². The van der Waals surface area contributed by atoms with Gasteiger partial charge in [0.25, 0.3) is 0 Å². The van der Waals surface area contributed by atoms with Crippen LogP contribution in [-0.4, -0.2) is 31.5 Å². The molecule has 3 aromatic rings. The Labute approximate surface area is 119 Å². The first-order valence-corrected chi connectivity index (χ1v) is 6.35. The number of benzene rings is 1. The maximum atomic E-state index is 11.4. The Balaban J connectivity index is 1.72. The van der Waals surface area contributed by atoms with Crippen molar-refractivity contribution in [3.63, 3.8) is 0 Å². The van der Waals surface area contributed by atoms with Crippen molar-refractivity contribution in [2.75, 3.05) is 17.6 Å². The quantitative estimate of drug-likeness (QED) is 0.506. The fraction of sp³-hybridized carbons (Fsp3) is 0.154. The smallest absolute Gasteiger partial charge is 0.364 e. The van der Waals surface area contributed by atoms with Gasteiger partial charge in [-0.15, -0.1) is 5.10 Å². The average molecular weight is 286 g/mol. The molecule has 0 spiro atoms. The molecular formula is C13H14N6O2. The molecule has 0 amide bonds. The number of aromatic amines is 1. The third-order valence-electron chi connectivity index (χ3n) is 3.07. The van der Waals surface area contributed by atoms with E-state index >= 15 is 0 Å². The van der Waals surface area contributed by atoms with E-state index in [4.69, 9.17) is 5.73 Å². The predicted molar refractivity (Wildman–Crippen MR) is 77.9 cm³/mol. The molecule has 5 N–H and O–H groups in total. The zero-order valence-corrected chi connectivity index (χ0v) is 11.0. The van der Waals surface area contributed by atoms with Gasteiger partial charge < -0.3 is 16.2 Å². The second-order valence-electron chi connectivity index (χ2n) is 4.58. The molecule has 2 aromatic heterocycles. The Morgan fingerprint density at radius 3 is 2.81 bits per heavy atom. The van der Waals surface area contributed by atoms with Crippen LogP contribution in [0.1, 0.15) is 11.7 Å². The van der Waals surface area contributed by atoms with E-state index < -0.39 is 11.8 Å². The zero-order valence-electron chi connectivity index (χ0n) is 11.0. The van der Waals surface area contributed by atoms with Crippen LogP contribution in [-0.2, 0) is 0 Å². The Bertz CT molecular complexity index is 807. The average Bonchev–Trinajstić information content (AvgIpc) is 2.87. The Morgan fingerprint density at radius 1 is 1.29 bits per heavy atom. The summed E-state index contributed by atoms with van der Waals surface area (Å²) >= 11 is 0. The van der Waals surface area contributed by atoms with Crippen molar-refractivity contribution in [3.8, 4) is 0 Å². The molecule has 0 aliphatic rings. The van der Waals surface area contributed by atoms with Gasteiger partial charge in [0, 0.05) is 12.2 Å². The predicted octanol–water partition coefficient (Wildman–Crippen LogP) is 0.145. The van der Waals surface area contributed by atoms with E-state index in [1.807, 2.05) is 0 Å². The summed E-state index contributed by atoms with van der Waals surface area (Å²) < 4.78 is 1.15. The highest BCUT2D eigenvalue weighted by atomic mass is 16.3. The number of aliphatic hydroxyl groups is 1. The largest absolute Gasteiger partial charge is 0.399 e. The molecule has 1 unspecified atom stereocenters. The van der Waals surface area contributed by atoms with Gasteiger partial charge in [0.05, 0.1) is 6.10 Å². The van der Waals surface area contributed by atoms with E-state index in [1.165, 1.54) is 0 Å². The molecular weight excluding hydrogens is 272 g/mol. The number of hydrogen-bond donors (Lipinski definition) is 4. The van der Waals surface area contributed by atoms with Crippen molar-refractivity contribution < 1.29 is 5.11 Å². The van der Waals surface area contributed by atoms with E-state index in [0.29, 0.717) is 17.2 Å². The van der Waals surface area contributed by atoms with Crippen LogP contribution < -0.4 is 16.7 Å². The molecule has 8 heteroatoms. The fourth-order valence-electron chi connectivity index (χ4n) is 1.93. The SMILES string of the molecule is Nc1ccc(C(O)CNc2ccc3n[nH]c(=O)n3n2)cc1. The molecule has 0 bridgehead atoms. The second-order valence-corrected chi connectivity index (χ2v) is 4.58. The highest BCUT2D eigenvalue weighted by Gasteiger charge is 2.08. The molecule has 1 atom stereocenters. The number of aliphatic hydroxyl groups excluding tert-OH is 1. The number of nitrogen functional groups attached to an aromatic ring is 1. The van der Waals surface area contributed by atoms with Crippen molar-refractivity contribution in [3.05, 3.63) is 52.4 Å². The number of hydrogen-bond acceptors (Lipinski definition) is 6. The van der Waals surface area contributed by atoms with E-state index in [1.54, 1.807) is 36.4 Å². The number of nitrogens with two attached hydrogens (primary N) is 1. The number of H-pyrrole nitrogens is 1. The van der Waals surface area contributed by atoms with Crippen molar-refractivity contribution in [2.24, 2.45) is 0 Å². The van der Waals surface area contributed by atoms with E-state index in [2.05, 4.69) is 20.6 Å². The molecule has 108 valence electrons. The summed E-state index contributed by atoms with van der Waals surface area (Å²) in [5.74, 6) is 0.473. The normalized spacial score (nSPS) is 12.4. The van der Waals surface area contributed by atoms with Crippen LogP contribution in [0.25, 0.3) is 5.65 Å². The number of anilines is 2. The summed E-state index contributed by atoms with van der Waals surface area (Å²) in [6, 6.07) is 10.3. The highest BCUT2D eigenvalue weighted by Crippen LogP contribution is 2.15. The van der Waals surface area contributed by atoms with E-state index in [-0.39, 0.29) is 6.54 Å². The summed E-state index contributed by atoms with van der Waals surface area (Å²) in [5.41, 5.74) is 7.02. The van der Waals surface area contributed by atoms with Crippen LogP contribution in [0.15, 0.2) is 41.2 Å². The highest BCUT2D eigenvalue weighted by molar-refractivity contribution is 5.44. The molecule has 0 saturated carbocycles. The number of fused-ring (bicyclic) bond motifs is 1. The minimum Gasteiger partial charge on any atom is -0.399 e. The van der Waals surface area contributed by atoms with Gasteiger partial charge in [0.15, 0.2) is 5.65 Å². The Hall–Kier alpha value is -2.87. The Kier molecular flexibility index (Phi) is 3.28. The van der Waals surface area contributed by atoms with Gasteiger partial charge >= 0.3 is 5.69 Å². The summed E-state index contributed by atoms with van der Waals surface area (Å²) in [5, 5.41) is 23.2. The van der Waals surface area contributed by atoms with Gasteiger partial charge in [-0.25, -0.2) is 9.89 Å². The lowest BCUT2D eigenvalue weighted by atomic mass is 10.1. The molecule has 0 saturated heterocycles. The van der Waals surface area contributed by atoms with Gasteiger partial charge in [0.1, 0.15) is 5.82 Å². The summed E-state index contributed by atoms with van der Waals surface area (Å²) in [4.78, 5) is 11.4. The molecule has 0 radical (unpaired) electrons. The molecule has 8 nitrogen and oxygen atoms in total. The third-order valence-corrected chi connectivity index (χ3v) is 3.07. The van der Waals surface area contributed by atoms with Crippen LogP contribution in [0.4, 0.5) is 11.5 Å². The summed E-state index contributed by atoms with van der Waals surface area (Å²) in [6.45, 7) is 0.259. The molecule has 21 heavy (non-hydrogen) atoms. The minimum atomic E-state index is -0.704. The molecule has 3 rings (SSSR count). The lowest BCUT2D eigenvalue weighted by Gasteiger charge is -2.12. The summed E-state index contributed by atoms with van der Waals surface area (Å²) in [6.07, 6.45) is -0.704. The van der Waals surface area contributed by atoms with Gasteiger partial charge in [-0.05, 0) is 29.8 Å². The Morgan fingerprint density at radius 2 is 2.05 bits per heavy atom. The van der Waals surface area contributed by atoms with Crippen molar-refractivity contribution in [2.45, 2.75) is 6.10 Å². The van der Waals surface area contributed by atoms with Gasteiger partial charge in [-0.1, -0.05) is 12.1 Å². The second kappa shape index (κ2) is 5.25. The molecule has 0 fully saturated rings. The van der Waals surface area contributed by atoms with Crippen LogP contribution in [0, 0.1) is 0 Å². The molecule has 1 aromatic carbocycles. The third kappa shape index (κ3) is 2.70. The van der Waals surface area contributed by atoms with Crippen molar-refractivity contribution >= 4 is 17.2 Å². The molecule has 0 aliphatic carbocycles. The fourth-order valence-corrected chi connectivity index (χ4v) is 1.93. The molecule has 0 aliphatic heterocycles. The lowest BCUT2D eigenvalue weighted by Crippen LogP contribution is -2.17. The van der Waals surface area contributed by atoms with Crippen molar-refractivity contribution in [1.29, 1.82) is 0 Å². The number of rotatable bonds is 4. The maximum absolute atomic E-state index is 11.4. The lowest BCUT2D eigenvalue weighted by molar-refractivity contribution is 0.191. The summed E-state index contributed by atoms with van der Waals surface area (Å²) in [7, 11) is 0. The van der Waals surface area contributed by atoms with Gasteiger partial charge in [-0.3, -0.25) is 0 Å². The standard InChI is InChI=1S/C13H14N6O2/c14-9-3-1-8(2-4-9)10(20)7-15-11-5-6-12-16-17-13(21)19(12)18-11/h1-6,10,20H,7,14H2,(H,15,18)(H,17,21). The maximum Gasteiger partial charge on any atom is 0.364 e. The first kappa shape index (κ1) is 13.1. The first-order valence-electron chi connectivity index (χ1n) is 6.35. The number of nitrogens with one attached hydrogen (secondary N) is 2. The first-order chi connectivity index (χ1) is 10.1. The number of nitrogens with zero attached hydrogens (tertiary/aromatic N) is 3. The molecule has 2 heterocycles. The van der Waals surface area contributed by atoms with E-state index in [0.717, 1.165) is 10.1 Å². The van der Waals surface area contributed by atoms with Gasteiger partial charge in [0.2, 0.25) is 0 Å². The monoisotopic (exact) mass is 286 g/mol. The van der Waals surface area contributed by atoms with Crippen LogP contribution in [0.2, 0.25) is 0 Å². The topological polar surface area (TPSA) is 121 Å². The van der Waals surface area contributed by atoms with Crippen LogP contribution >= 0.6 is 0 Å². The zero-order chi connectivity index (χ0) is 14.8. The van der Waals surface area contributed by atoms with E-state index in [9.17, 15) is 9.90 Å². The number of aromatic nitrogens is 4. The van der Waals surface area contributed by atoms with Gasteiger partial charge in [-0.2, -0.15) is 9.61 Å². The van der Waals surface area contributed by atoms with Crippen LogP contribution in [0.3, 0.4) is 0 Å².